The van der Waals surface area contributed by atoms with Crippen LogP contribution < -0.4 is 25.2 Å². The van der Waals surface area contributed by atoms with Gasteiger partial charge in [-0.2, -0.15) is 0 Å². The smallest absolute Gasteiger partial charge is 0.230 e. The number of carboxylic acid groups (broad SMARTS) is 1. The first-order chi connectivity index (χ1) is 10.9. The second-order valence-corrected chi connectivity index (χ2v) is 5.06. The number of ether oxygens (including phenoxy) is 2. The second-order valence-electron chi connectivity index (χ2n) is 5.06. The van der Waals surface area contributed by atoms with E-state index in [1.807, 2.05) is 0 Å². The first-order valence-electron chi connectivity index (χ1n) is 7.11. The number of benzene rings is 1. The highest BCUT2D eigenvalue weighted by Gasteiger charge is 2.20. The number of anilines is 1. The molecule has 0 spiro atoms. The zero-order valence-corrected chi connectivity index (χ0v) is 13.4. The van der Waals surface area contributed by atoms with E-state index in [1.165, 1.54) is 26.5 Å². The number of carboxylic acids is 1. The van der Waals surface area contributed by atoms with Gasteiger partial charge in [-0.1, -0.05) is 0 Å². The summed E-state index contributed by atoms with van der Waals surface area (Å²) in [6.07, 6.45) is -0.967. The molecular weight excluding hydrogens is 304 g/mol. The Kier molecular flexibility index (Phi) is 7.30. The maximum Gasteiger partial charge on any atom is 0.230 e. The van der Waals surface area contributed by atoms with Crippen molar-refractivity contribution >= 4 is 17.6 Å². The molecular formula is C15H22N2O6. The molecule has 0 aromatic heterocycles. The number of quaternary nitrogens is 1. The predicted octanol–water partition coefficient (Wildman–Crippen LogP) is -1.90. The molecule has 0 radical (unpaired) electrons. The Hall–Kier alpha value is -2.32. The minimum atomic E-state index is -1.36. The quantitative estimate of drug-likeness (QED) is 0.487. The summed E-state index contributed by atoms with van der Waals surface area (Å²) in [5, 5.41) is 24.2. The highest BCUT2D eigenvalue weighted by molar-refractivity contribution is 5.94. The molecule has 1 aromatic rings. The molecule has 1 amide bonds. The highest BCUT2D eigenvalue weighted by Crippen LogP contribution is 2.29. The maximum atomic E-state index is 12.0. The Balaban J connectivity index is 2.72. The van der Waals surface area contributed by atoms with E-state index in [-0.39, 0.29) is 13.0 Å². The third-order valence-corrected chi connectivity index (χ3v) is 3.15. The minimum absolute atomic E-state index is 0.164. The van der Waals surface area contributed by atoms with Crippen LogP contribution in [0.3, 0.4) is 0 Å². The average molecular weight is 326 g/mol. The van der Waals surface area contributed by atoms with Gasteiger partial charge in [0.05, 0.1) is 38.4 Å². The summed E-state index contributed by atoms with van der Waals surface area (Å²) in [6.45, 7) is 1.70. The van der Waals surface area contributed by atoms with Crippen LogP contribution in [0.25, 0.3) is 0 Å². The van der Waals surface area contributed by atoms with Gasteiger partial charge in [-0.25, -0.2) is 0 Å². The first kappa shape index (κ1) is 18.7. The Bertz CT molecular complexity index is 547. The largest absolute Gasteiger partial charge is 0.544 e. The summed E-state index contributed by atoms with van der Waals surface area (Å²) >= 11 is 0. The summed E-state index contributed by atoms with van der Waals surface area (Å²) in [5.41, 5.74) is 0.408. The Morgan fingerprint density at radius 1 is 1.35 bits per heavy atom. The van der Waals surface area contributed by atoms with Gasteiger partial charge in [0, 0.05) is 6.07 Å². The van der Waals surface area contributed by atoms with Crippen LogP contribution in [0.4, 0.5) is 5.69 Å². The van der Waals surface area contributed by atoms with E-state index in [2.05, 4.69) is 5.32 Å². The zero-order chi connectivity index (χ0) is 17.4. The number of hydrogen-bond donors (Lipinski definition) is 3. The van der Waals surface area contributed by atoms with E-state index in [0.717, 1.165) is 0 Å². The van der Waals surface area contributed by atoms with Gasteiger partial charge in [0.15, 0.2) is 0 Å². The molecule has 0 saturated carbocycles. The van der Waals surface area contributed by atoms with E-state index < -0.39 is 24.0 Å². The van der Waals surface area contributed by atoms with Crippen LogP contribution in [-0.2, 0) is 9.59 Å². The lowest BCUT2D eigenvalue weighted by Gasteiger charge is -2.18. The number of aliphatic hydroxyl groups is 1. The Labute approximate surface area is 134 Å². The predicted molar refractivity (Wildman–Crippen MR) is 80.1 cm³/mol. The molecule has 0 heterocycles. The molecule has 0 aliphatic heterocycles. The molecule has 1 aromatic carbocycles. The van der Waals surface area contributed by atoms with Crippen molar-refractivity contribution in [2.75, 3.05) is 26.1 Å². The number of nitrogens with two attached hydrogens (primary N) is 1. The lowest BCUT2D eigenvalue weighted by molar-refractivity contribution is -0.687. The van der Waals surface area contributed by atoms with Crippen molar-refractivity contribution in [3.05, 3.63) is 18.2 Å². The van der Waals surface area contributed by atoms with Crippen molar-refractivity contribution in [1.29, 1.82) is 0 Å². The lowest BCUT2D eigenvalue weighted by atomic mass is 10.2. The third-order valence-electron chi connectivity index (χ3n) is 3.15. The van der Waals surface area contributed by atoms with Gasteiger partial charge >= 0.3 is 0 Å². The van der Waals surface area contributed by atoms with E-state index in [1.54, 1.807) is 18.2 Å². The third kappa shape index (κ3) is 6.13. The van der Waals surface area contributed by atoms with Gasteiger partial charge in [-0.15, -0.1) is 0 Å². The van der Waals surface area contributed by atoms with Crippen LogP contribution in [0.5, 0.6) is 11.5 Å². The molecule has 0 aliphatic carbocycles. The number of carbonyl (C=O) groups is 2. The number of amides is 1. The van der Waals surface area contributed by atoms with Gasteiger partial charge in [-0.05, 0) is 19.1 Å². The summed E-state index contributed by atoms with van der Waals surface area (Å²) in [4.78, 5) is 23.1. The first-order valence-corrected chi connectivity index (χ1v) is 7.11. The molecule has 1 rings (SSSR count). The molecule has 128 valence electrons. The van der Waals surface area contributed by atoms with Crippen molar-refractivity contribution in [2.45, 2.75) is 25.5 Å². The molecule has 0 aliphatic rings. The molecule has 8 nitrogen and oxygen atoms in total. The van der Waals surface area contributed by atoms with Crippen LogP contribution in [0.15, 0.2) is 18.2 Å². The number of aliphatic carboxylic acids is 1. The molecule has 4 N–H and O–H groups in total. The lowest BCUT2D eigenvalue weighted by Crippen LogP contribution is -2.94. The number of nitrogens with one attached hydrogen (secondary N) is 1. The standard InChI is InChI=1S/C15H22N2O6/c1-9(18)8-16-12(15(20)21)7-14(19)17-11-5-4-10(22-2)6-13(11)23-3/h4-6,9,12,16,18H,7-8H2,1-3H3,(H,17,19)(H,20,21)/t9-,12-/m0/s1. The minimum Gasteiger partial charge on any atom is -0.544 e. The summed E-state index contributed by atoms with van der Waals surface area (Å²) in [7, 11) is 2.96. The van der Waals surface area contributed by atoms with Gasteiger partial charge < -0.3 is 35.1 Å². The van der Waals surface area contributed by atoms with Crippen LogP contribution in [0.1, 0.15) is 13.3 Å². The number of carbonyl (C=O) groups excluding carboxylic acids is 2. The molecule has 23 heavy (non-hydrogen) atoms. The monoisotopic (exact) mass is 326 g/mol. The number of aliphatic hydroxyl groups excluding tert-OH is 1. The van der Waals surface area contributed by atoms with E-state index in [4.69, 9.17) is 9.47 Å². The fraction of sp³-hybridized carbons (Fsp3) is 0.467. The molecule has 0 fully saturated rings. The molecule has 2 atom stereocenters. The fourth-order valence-electron chi connectivity index (χ4n) is 1.93. The second kappa shape index (κ2) is 8.96. The van der Waals surface area contributed by atoms with Gasteiger partial charge in [0.1, 0.15) is 24.1 Å². The van der Waals surface area contributed by atoms with Crippen LogP contribution in [0, 0.1) is 0 Å². The van der Waals surface area contributed by atoms with Crippen molar-refractivity contribution in [3.63, 3.8) is 0 Å². The van der Waals surface area contributed by atoms with Gasteiger partial charge in [0.2, 0.25) is 5.91 Å². The zero-order valence-electron chi connectivity index (χ0n) is 13.4. The molecule has 0 bridgehead atoms. The molecule has 8 heteroatoms. The van der Waals surface area contributed by atoms with Gasteiger partial charge in [0.25, 0.3) is 0 Å². The molecule has 0 unspecified atom stereocenters. The highest BCUT2D eigenvalue weighted by atomic mass is 16.5. The van der Waals surface area contributed by atoms with Crippen LogP contribution >= 0.6 is 0 Å². The maximum absolute atomic E-state index is 12.0. The van der Waals surface area contributed by atoms with Crippen LogP contribution in [0.2, 0.25) is 0 Å². The number of rotatable bonds is 9. The van der Waals surface area contributed by atoms with Crippen LogP contribution in [-0.4, -0.2) is 49.9 Å². The number of methoxy groups -OCH3 is 2. The van der Waals surface area contributed by atoms with E-state index >= 15 is 0 Å². The van der Waals surface area contributed by atoms with Gasteiger partial charge in [-0.3, -0.25) is 4.79 Å². The molecule has 0 saturated heterocycles. The normalized spacial score (nSPS) is 13.0. The number of hydrogen-bond acceptors (Lipinski definition) is 6. The van der Waals surface area contributed by atoms with Crippen molar-refractivity contribution in [1.82, 2.24) is 0 Å². The summed E-state index contributed by atoms with van der Waals surface area (Å²) in [6, 6.07) is 3.77. The van der Waals surface area contributed by atoms with Crippen molar-refractivity contribution < 1.29 is 34.6 Å². The van der Waals surface area contributed by atoms with E-state index in [0.29, 0.717) is 17.2 Å². The fourth-order valence-corrected chi connectivity index (χ4v) is 1.93. The SMILES string of the molecule is COc1ccc(NC(=O)C[C@H]([NH2+]C[C@H](C)O)C(=O)[O-])c(OC)c1. The average Bonchev–Trinajstić information content (AvgIpc) is 2.51. The Morgan fingerprint density at radius 3 is 2.57 bits per heavy atom. The summed E-state index contributed by atoms with van der Waals surface area (Å²) < 4.78 is 10.2. The topological polar surface area (TPSA) is 125 Å². The Morgan fingerprint density at radius 2 is 2.04 bits per heavy atom. The summed E-state index contributed by atoms with van der Waals surface area (Å²) in [5.74, 6) is -0.889. The van der Waals surface area contributed by atoms with Crippen molar-refractivity contribution in [3.8, 4) is 11.5 Å². The van der Waals surface area contributed by atoms with Crippen molar-refractivity contribution in [2.24, 2.45) is 0 Å². The van der Waals surface area contributed by atoms with E-state index in [9.17, 15) is 19.8 Å².